The third kappa shape index (κ3) is 3.76. The van der Waals surface area contributed by atoms with Crippen LogP contribution in [0.4, 0.5) is 0 Å². The SMILES string of the molecule is Cc1c(/C=C(\C(=O)O)c2ccc(S(=O)(=O)N3CCCCC3)s2)cc(C#N)n1C. The summed E-state index contributed by atoms with van der Waals surface area (Å²) in [7, 11) is -1.87. The molecule has 9 heteroatoms. The molecular weight excluding hydrogens is 398 g/mol. The zero-order chi connectivity index (χ0) is 20.5. The van der Waals surface area contributed by atoms with Crippen molar-refractivity contribution in [3.63, 3.8) is 0 Å². The van der Waals surface area contributed by atoms with Gasteiger partial charge in [-0.05, 0) is 49.6 Å². The van der Waals surface area contributed by atoms with Crippen molar-refractivity contribution in [3.8, 4) is 6.07 Å². The van der Waals surface area contributed by atoms with E-state index in [2.05, 4.69) is 6.07 Å². The normalized spacial score (nSPS) is 16.1. The molecule has 1 aliphatic heterocycles. The maximum Gasteiger partial charge on any atom is 0.337 e. The zero-order valence-electron chi connectivity index (χ0n) is 15.7. The van der Waals surface area contributed by atoms with Crippen molar-refractivity contribution in [2.45, 2.75) is 30.4 Å². The minimum Gasteiger partial charge on any atom is -0.478 e. The van der Waals surface area contributed by atoms with Gasteiger partial charge in [0.15, 0.2) is 0 Å². The lowest BCUT2D eigenvalue weighted by Gasteiger charge is -2.25. The summed E-state index contributed by atoms with van der Waals surface area (Å²) in [5.74, 6) is -1.15. The number of sulfonamides is 1. The highest BCUT2D eigenvalue weighted by atomic mass is 32.2. The van der Waals surface area contributed by atoms with Crippen molar-refractivity contribution >= 4 is 39.0 Å². The van der Waals surface area contributed by atoms with Crippen LogP contribution in [0.25, 0.3) is 11.6 Å². The van der Waals surface area contributed by atoms with E-state index in [1.54, 1.807) is 24.6 Å². The van der Waals surface area contributed by atoms with Crippen LogP contribution in [-0.2, 0) is 21.9 Å². The Morgan fingerprint density at radius 3 is 2.54 bits per heavy atom. The number of thiophene rings is 1. The maximum absolute atomic E-state index is 12.8. The van der Waals surface area contributed by atoms with E-state index >= 15 is 0 Å². The topological polar surface area (TPSA) is 103 Å². The summed E-state index contributed by atoms with van der Waals surface area (Å²) < 4.78 is 29.0. The van der Waals surface area contributed by atoms with Gasteiger partial charge in [0.25, 0.3) is 10.0 Å². The van der Waals surface area contributed by atoms with Crippen LogP contribution in [0.15, 0.2) is 22.4 Å². The summed E-state index contributed by atoms with van der Waals surface area (Å²) in [4.78, 5) is 12.2. The number of aromatic nitrogens is 1. The molecule has 0 amide bonds. The van der Waals surface area contributed by atoms with Crippen LogP contribution in [-0.4, -0.2) is 41.5 Å². The van der Waals surface area contributed by atoms with Crippen LogP contribution in [0, 0.1) is 18.3 Å². The van der Waals surface area contributed by atoms with Gasteiger partial charge in [0.05, 0.1) is 5.57 Å². The Balaban J connectivity index is 1.99. The number of carboxylic acids is 1. The van der Waals surface area contributed by atoms with Crippen molar-refractivity contribution in [2.75, 3.05) is 13.1 Å². The highest BCUT2D eigenvalue weighted by molar-refractivity contribution is 7.91. The maximum atomic E-state index is 12.8. The van der Waals surface area contributed by atoms with Gasteiger partial charge < -0.3 is 9.67 Å². The lowest BCUT2D eigenvalue weighted by Crippen LogP contribution is -2.35. The fourth-order valence-electron chi connectivity index (χ4n) is 3.21. The highest BCUT2D eigenvalue weighted by Crippen LogP contribution is 2.32. The van der Waals surface area contributed by atoms with Crippen LogP contribution in [0.3, 0.4) is 0 Å². The van der Waals surface area contributed by atoms with Gasteiger partial charge in [-0.15, -0.1) is 11.3 Å². The molecule has 0 bridgehead atoms. The van der Waals surface area contributed by atoms with Crippen molar-refractivity contribution < 1.29 is 18.3 Å². The lowest BCUT2D eigenvalue weighted by atomic mass is 10.1. The number of carbonyl (C=O) groups is 1. The van der Waals surface area contributed by atoms with E-state index in [9.17, 15) is 18.3 Å². The fraction of sp³-hybridized carbons (Fsp3) is 0.368. The van der Waals surface area contributed by atoms with Crippen molar-refractivity contribution in [3.05, 3.63) is 40.0 Å². The molecule has 0 atom stereocenters. The van der Waals surface area contributed by atoms with E-state index in [4.69, 9.17) is 5.26 Å². The Morgan fingerprint density at radius 1 is 1.29 bits per heavy atom. The predicted molar refractivity (Wildman–Crippen MR) is 107 cm³/mol. The van der Waals surface area contributed by atoms with Gasteiger partial charge in [0.2, 0.25) is 0 Å². The summed E-state index contributed by atoms with van der Waals surface area (Å²) in [5.41, 5.74) is 1.80. The molecule has 2 aromatic heterocycles. The average molecular weight is 420 g/mol. The Labute approximate surface area is 168 Å². The van der Waals surface area contributed by atoms with Crippen LogP contribution in [0.2, 0.25) is 0 Å². The standard InChI is InChI=1S/C19H21N3O4S2/c1-13-14(10-15(12-20)21(13)2)11-16(19(23)24)17-6-7-18(27-17)28(25,26)22-8-4-3-5-9-22/h6-7,10-11H,3-5,8-9H2,1-2H3,(H,23,24)/b16-11-. The van der Waals surface area contributed by atoms with Crippen molar-refractivity contribution in [1.82, 2.24) is 8.87 Å². The highest BCUT2D eigenvalue weighted by Gasteiger charge is 2.28. The third-order valence-corrected chi connectivity index (χ3v) is 8.46. The van der Waals surface area contributed by atoms with Gasteiger partial charge in [-0.3, -0.25) is 0 Å². The number of rotatable bonds is 5. The quantitative estimate of drug-likeness (QED) is 0.750. The molecule has 1 fully saturated rings. The molecule has 0 saturated carbocycles. The number of piperidine rings is 1. The van der Waals surface area contributed by atoms with E-state index in [1.165, 1.54) is 22.5 Å². The summed E-state index contributed by atoms with van der Waals surface area (Å²) in [5, 5.41) is 18.8. The van der Waals surface area contributed by atoms with E-state index in [0.29, 0.717) is 29.2 Å². The molecule has 0 unspecified atom stereocenters. The number of nitrogens with zero attached hydrogens (tertiary/aromatic N) is 3. The van der Waals surface area contributed by atoms with Gasteiger partial charge in [-0.2, -0.15) is 9.57 Å². The van der Waals surface area contributed by atoms with E-state index in [0.717, 1.165) is 36.3 Å². The van der Waals surface area contributed by atoms with Gasteiger partial charge >= 0.3 is 5.97 Å². The van der Waals surface area contributed by atoms with Crippen LogP contribution < -0.4 is 0 Å². The smallest absolute Gasteiger partial charge is 0.337 e. The Kier molecular flexibility index (Phi) is 5.74. The molecule has 0 aliphatic carbocycles. The number of carboxylic acid groups (broad SMARTS) is 1. The van der Waals surface area contributed by atoms with E-state index in [-0.39, 0.29) is 9.78 Å². The molecule has 1 aliphatic rings. The first kappa shape index (κ1) is 20.3. The summed E-state index contributed by atoms with van der Waals surface area (Å²) >= 11 is 0.961. The Morgan fingerprint density at radius 2 is 1.96 bits per heavy atom. The largest absolute Gasteiger partial charge is 0.478 e. The van der Waals surface area contributed by atoms with Gasteiger partial charge in [0.1, 0.15) is 16.0 Å². The molecule has 3 heterocycles. The molecule has 2 aromatic rings. The Hall–Kier alpha value is -2.41. The molecule has 1 N–H and O–H groups in total. The third-order valence-electron chi connectivity index (χ3n) is 4.98. The van der Waals surface area contributed by atoms with Crippen molar-refractivity contribution in [1.29, 1.82) is 5.26 Å². The summed E-state index contributed by atoms with van der Waals surface area (Å²) in [6.07, 6.45) is 4.19. The van der Waals surface area contributed by atoms with E-state index < -0.39 is 16.0 Å². The number of hydrogen-bond acceptors (Lipinski definition) is 5. The predicted octanol–water partition coefficient (Wildman–Crippen LogP) is 3.07. The number of hydrogen-bond donors (Lipinski definition) is 1. The van der Waals surface area contributed by atoms with Gasteiger partial charge in [-0.25, -0.2) is 13.2 Å². The first-order chi connectivity index (χ1) is 13.3. The minimum absolute atomic E-state index is 0.00304. The van der Waals surface area contributed by atoms with Crippen LogP contribution in [0.1, 0.15) is 41.1 Å². The first-order valence-corrected chi connectivity index (χ1v) is 11.1. The van der Waals surface area contributed by atoms with Crippen LogP contribution in [0.5, 0.6) is 0 Å². The second-order valence-corrected chi connectivity index (χ2v) is 9.94. The molecule has 3 rings (SSSR count). The zero-order valence-corrected chi connectivity index (χ0v) is 17.3. The summed E-state index contributed by atoms with van der Waals surface area (Å²) in [6.45, 7) is 2.79. The second-order valence-electron chi connectivity index (χ2n) is 6.69. The fourth-order valence-corrected chi connectivity index (χ4v) is 6.19. The van der Waals surface area contributed by atoms with Gasteiger partial charge in [-0.1, -0.05) is 6.42 Å². The number of aliphatic carboxylic acids is 1. The summed E-state index contributed by atoms with van der Waals surface area (Å²) in [6, 6.07) is 6.69. The molecule has 7 nitrogen and oxygen atoms in total. The lowest BCUT2D eigenvalue weighted by molar-refractivity contribution is -0.130. The molecule has 0 spiro atoms. The molecule has 148 valence electrons. The minimum atomic E-state index is -3.60. The second kappa shape index (κ2) is 7.91. The average Bonchev–Trinajstić information content (AvgIpc) is 3.27. The molecular formula is C19H21N3O4S2. The van der Waals surface area contributed by atoms with E-state index in [1.807, 2.05) is 0 Å². The Bertz CT molecular complexity index is 1080. The van der Waals surface area contributed by atoms with Gasteiger partial charge in [0, 0.05) is 30.7 Å². The molecule has 0 radical (unpaired) electrons. The van der Waals surface area contributed by atoms with Crippen molar-refractivity contribution in [2.24, 2.45) is 7.05 Å². The monoisotopic (exact) mass is 419 g/mol. The molecule has 1 saturated heterocycles. The molecule has 28 heavy (non-hydrogen) atoms. The molecule has 0 aromatic carbocycles. The van der Waals surface area contributed by atoms with Crippen LogP contribution >= 0.6 is 11.3 Å². The number of nitriles is 1. The first-order valence-electron chi connectivity index (χ1n) is 8.87.